The molecule has 0 aromatic carbocycles. The Bertz CT molecular complexity index is 430. The van der Waals surface area contributed by atoms with E-state index >= 15 is 0 Å². The summed E-state index contributed by atoms with van der Waals surface area (Å²) in [6.45, 7) is 13.5. The maximum Gasteiger partial charge on any atom is 0.164 e. The molecular weight excluding hydrogens is 264 g/mol. The van der Waals surface area contributed by atoms with Crippen molar-refractivity contribution in [3.8, 4) is 0 Å². The molecule has 3 fully saturated rings. The van der Waals surface area contributed by atoms with E-state index in [0.717, 1.165) is 6.42 Å². The number of aliphatic hydroxyl groups is 1. The molecule has 1 N–H and O–H groups in total. The van der Waals surface area contributed by atoms with E-state index < -0.39 is 5.79 Å². The largest absolute Gasteiger partial charge is 0.396 e. The topological polar surface area (TPSA) is 38.7 Å². The zero-order valence-corrected chi connectivity index (χ0v) is 14.5. The second-order valence-electron chi connectivity index (χ2n) is 9.16. The van der Waals surface area contributed by atoms with Crippen LogP contribution in [0.5, 0.6) is 0 Å². The van der Waals surface area contributed by atoms with Crippen LogP contribution in [0.3, 0.4) is 0 Å². The van der Waals surface area contributed by atoms with Crippen molar-refractivity contribution in [2.45, 2.75) is 84.7 Å². The Morgan fingerprint density at radius 2 is 1.71 bits per heavy atom. The number of hydrogen-bond acceptors (Lipinski definition) is 3. The summed E-state index contributed by atoms with van der Waals surface area (Å²) in [4.78, 5) is 0. The van der Waals surface area contributed by atoms with Crippen LogP contribution in [0.15, 0.2) is 0 Å². The van der Waals surface area contributed by atoms with Gasteiger partial charge in [-0.1, -0.05) is 27.2 Å². The zero-order chi connectivity index (χ0) is 15.7. The quantitative estimate of drug-likeness (QED) is 0.801. The summed E-state index contributed by atoms with van der Waals surface area (Å²) in [7, 11) is 0. The van der Waals surface area contributed by atoms with Crippen molar-refractivity contribution in [2.75, 3.05) is 6.61 Å². The maximum atomic E-state index is 10.2. The number of hydrogen-bond donors (Lipinski definition) is 1. The molecule has 0 amide bonds. The smallest absolute Gasteiger partial charge is 0.164 e. The van der Waals surface area contributed by atoms with Gasteiger partial charge in [-0.25, -0.2) is 0 Å². The summed E-state index contributed by atoms with van der Waals surface area (Å²) in [6.07, 6.45) is 4.87. The van der Waals surface area contributed by atoms with Gasteiger partial charge in [-0.15, -0.1) is 0 Å². The van der Waals surface area contributed by atoms with E-state index in [9.17, 15) is 5.11 Å². The Morgan fingerprint density at radius 1 is 1.05 bits per heavy atom. The van der Waals surface area contributed by atoms with Gasteiger partial charge in [-0.3, -0.25) is 0 Å². The van der Waals surface area contributed by atoms with Crippen LogP contribution in [-0.4, -0.2) is 29.2 Å². The van der Waals surface area contributed by atoms with Gasteiger partial charge in [0.25, 0.3) is 0 Å². The average Bonchev–Trinajstić information content (AvgIpc) is 2.54. The normalized spacial score (nSPS) is 51.3. The minimum Gasteiger partial charge on any atom is -0.396 e. The van der Waals surface area contributed by atoms with Crippen molar-refractivity contribution in [2.24, 2.45) is 22.7 Å². The highest BCUT2D eigenvalue weighted by atomic mass is 16.8. The fourth-order valence-corrected chi connectivity index (χ4v) is 6.09. The lowest BCUT2D eigenvalue weighted by Crippen LogP contribution is -2.63. The van der Waals surface area contributed by atoms with Crippen molar-refractivity contribution < 1.29 is 14.6 Å². The molecule has 0 aromatic rings. The lowest BCUT2D eigenvalue weighted by atomic mass is 9.45. The molecule has 0 aromatic heterocycles. The second kappa shape index (κ2) is 4.46. The molecule has 1 saturated heterocycles. The van der Waals surface area contributed by atoms with Crippen LogP contribution in [-0.2, 0) is 9.47 Å². The first-order valence-electron chi connectivity index (χ1n) is 8.54. The number of rotatable bonds is 1. The van der Waals surface area contributed by atoms with Gasteiger partial charge in [0.15, 0.2) is 5.79 Å². The van der Waals surface area contributed by atoms with Gasteiger partial charge in [0.2, 0.25) is 0 Å². The number of aliphatic hydroxyl groups excluding tert-OH is 1. The van der Waals surface area contributed by atoms with E-state index in [1.54, 1.807) is 0 Å². The van der Waals surface area contributed by atoms with Gasteiger partial charge in [-0.2, -0.15) is 0 Å². The molecular formula is C18H32O3. The minimum atomic E-state index is -0.541. The zero-order valence-electron chi connectivity index (χ0n) is 14.5. The highest BCUT2D eigenvalue weighted by Gasteiger charge is 2.66. The molecule has 5 atom stereocenters. The van der Waals surface area contributed by atoms with E-state index in [0.29, 0.717) is 11.3 Å². The SMILES string of the molecule is CC1(C)O[C@@H]2CC3C(C)(C)CCC[C@]3(C)[C@@H](CO)[C@]2(C)O1. The lowest BCUT2D eigenvalue weighted by molar-refractivity contribution is -0.206. The van der Waals surface area contributed by atoms with Crippen LogP contribution >= 0.6 is 0 Å². The Kier molecular flexibility index (Phi) is 3.34. The minimum absolute atomic E-state index is 0.0973. The fraction of sp³-hybridized carbons (Fsp3) is 1.00. The predicted octanol–water partition coefficient (Wildman–Crippen LogP) is 3.74. The van der Waals surface area contributed by atoms with E-state index in [-0.39, 0.29) is 29.6 Å². The maximum absolute atomic E-state index is 10.2. The summed E-state index contributed by atoms with van der Waals surface area (Å²) in [5.74, 6) is 0.197. The van der Waals surface area contributed by atoms with Gasteiger partial charge >= 0.3 is 0 Å². The van der Waals surface area contributed by atoms with Gasteiger partial charge in [0.05, 0.1) is 6.10 Å². The first-order chi connectivity index (χ1) is 9.55. The number of ether oxygens (including phenoxy) is 2. The third-order valence-corrected chi connectivity index (χ3v) is 6.93. The Morgan fingerprint density at radius 3 is 2.33 bits per heavy atom. The molecule has 3 aliphatic rings. The Labute approximate surface area is 129 Å². The molecule has 122 valence electrons. The molecule has 2 saturated carbocycles. The van der Waals surface area contributed by atoms with Crippen LogP contribution < -0.4 is 0 Å². The predicted molar refractivity (Wildman–Crippen MR) is 82.9 cm³/mol. The Hall–Kier alpha value is -0.120. The summed E-state index contributed by atoms with van der Waals surface area (Å²) >= 11 is 0. The van der Waals surface area contributed by atoms with Crippen molar-refractivity contribution in [3.63, 3.8) is 0 Å². The van der Waals surface area contributed by atoms with Gasteiger partial charge in [0.1, 0.15) is 5.60 Å². The van der Waals surface area contributed by atoms with Crippen LogP contribution in [0, 0.1) is 22.7 Å². The van der Waals surface area contributed by atoms with Crippen molar-refractivity contribution in [3.05, 3.63) is 0 Å². The lowest BCUT2D eigenvalue weighted by Gasteiger charge is -2.61. The van der Waals surface area contributed by atoms with Gasteiger partial charge < -0.3 is 14.6 Å². The van der Waals surface area contributed by atoms with E-state index in [1.165, 1.54) is 19.3 Å². The van der Waals surface area contributed by atoms with Crippen LogP contribution in [0.1, 0.15) is 67.2 Å². The standard InChI is InChI=1S/C18H32O3/c1-15(2)8-7-9-17(5)12(15)10-14-18(6,13(17)11-19)21-16(3,4)20-14/h12-14,19H,7-11H2,1-6H3/t12?,13-,14-,17+,18+/m1/s1. The van der Waals surface area contributed by atoms with Crippen molar-refractivity contribution in [1.82, 2.24) is 0 Å². The highest BCUT2D eigenvalue weighted by molar-refractivity contribution is 5.13. The second-order valence-corrected chi connectivity index (χ2v) is 9.16. The molecule has 3 nitrogen and oxygen atoms in total. The van der Waals surface area contributed by atoms with Crippen molar-refractivity contribution >= 4 is 0 Å². The highest BCUT2D eigenvalue weighted by Crippen LogP contribution is 2.65. The molecule has 21 heavy (non-hydrogen) atoms. The molecule has 1 heterocycles. The Balaban J connectivity index is 2.04. The van der Waals surface area contributed by atoms with Crippen LogP contribution in [0.4, 0.5) is 0 Å². The summed E-state index contributed by atoms with van der Waals surface area (Å²) in [5.41, 5.74) is 0.0975. The molecule has 3 rings (SSSR count). The van der Waals surface area contributed by atoms with Crippen molar-refractivity contribution in [1.29, 1.82) is 0 Å². The molecule has 1 unspecified atom stereocenters. The summed E-state index contributed by atoms with van der Waals surface area (Å²) in [5, 5.41) is 10.2. The third kappa shape index (κ3) is 2.11. The first kappa shape index (κ1) is 15.8. The molecule has 2 aliphatic carbocycles. The van der Waals surface area contributed by atoms with E-state index in [1.807, 2.05) is 13.8 Å². The van der Waals surface area contributed by atoms with Crippen LogP contribution in [0.2, 0.25) is 0 Å². The van der Waals surface area contributed by atoms with Crippen LogP contribution in [0.25, 0.3) is 0 Å². The van der Waals surface area contributed by atoms with Gasteiger partial charge in [-0.05, 0) is 56.8 Å². The third-order valence-electron chi connectivity index (χ3n) is 6.93. The van der Waals surface area contributed by atoms with Gasteiger partial charge in [0, 0.05) is 12.5 Å². The van der Waals surface area contributed by atoms with E-state index in [2.05, 4.69) is 27.7 Å². The molecule has 1 aliphatic heterocycles. The summed E-state index contributed by atoms with van der Waals surface area (Å²) < 4.78 is 12.6. The molecule has 0 radical (unpaired) electrons. The fourth-order valence-electron chi connectivity index (χ4n) is 6.09. The first-order valence-corrected chi connectivity index (χ1v) is 8.54. The monoisotopic (exact) mass is 296 g/mol. The molecule has 0 spiro atoms. The average molecular weight is 296 g/mol. The molecule has 3 heteroatoms. The summed E-state index contributed by atoms with van der Waals surface area (Å²) in [6, 6.07) is 0. The number of fused-ring (bicyclic) bond motifs is 2. The molecule has 0 bridgehead atoms. The van der Waals surface area contributed by atoms with E-state index in [4.69, 9.17) is 9.47 Å².